The highest BCUT2D eigenvalue weighted by molar-refractivity contribution is 7.98. The third-order valence-corrected chi connectivity index (χ3v) is 7.37. The van der Waals surface area contributed by atoms with E-state index in [4.69, 9.17) is 32.7 Å². The number of rotatable bonds is 12. The molecule has 1 saturated carbocycles. The lowest BCUT2D eigenvalue weighted by molar-refractivity contribution is -0.387. The summed E-state index contributed by atoms with van der Waals surface area (Å²) in [6, 6.07) is 8.25. The molecule has 1 fully saturated rings. The SMILES string of the molecule is CSc1ccc(C(=O)O[C@@H](Cc2c(Cl)cncc2Cl)c2ccc(OC(F)F)c(OCC3CC3)c2)cc1[N+](=O)[O-]. The van der Waals surface area contributed by atoms with E-state index >= 15 is 0 Å². The number of nitrogens with zero attached hydrogens (tertiary/aromatic N) is 2. The molecule has 0 spiro atoms. The fourth-order valence-corrected chi connectivity index (χ4v) is 4.79. The second-order valence-electron chi connectivity index (χ2n) is 8.66. The Balaban J connectivity index is 1.70. The van der Waals surface area contributed by atoms with Crippen LogP contribution in [0.4, 0.5) is 14.5 Å². The molecule has 8 nitrogen and oxygen atoms in total. The van der Waals surface area contributed by atoms with Crippen molar-refractivity contribution < 1.29 is 32.7 Å². The number of thioether (sulfide) groups is 1. The van der Waals surface area contributed by atoms with Crippen molar-refractivity contribution in [2.24, 2.45) is 5.92 Å². The van der Waals surface area contributed by atoms with Crippen LogP contribution in [0, 0.1) is 16.0 Å². The quantitative estimate of drug-likeness (QED) is 0.0911. The number of hydrogen-bond acceptors (Lipinski definition) is 8. The Bertz CT molecular complexity index is 1360. The van der Waals surface area contributed by atoms with Gasteiger partial charge in [-0.1, -0.05) is 29.3 Å². The molecule has 1 heterocycles. The molecule has 2 aromatic carbocycles. The first kappa shape index (κ1) is 28.8. The van der Waals surface area contributed by atoms with Crippen LogP contribution in [0.1, 0.15) is 40.4 Å². The van der Waals surface area contributed by atoms with Gasteiger partial charge in [0.15, 0.2) is 11.5 Å². The summed E-state index contributed by atoms with van der Waals surface area (Å²) in [5, 5.41) is 12.0. The maximum absolute atomic E-state index is 13.2. The number of ether oxygens (including phenoxy) is 3. The average Bonchev–Trinajstić information content (AvgIpc) is 3.73. The molecule has 0 N–H and O–H groups in total. The molecule has 3 aromatic rings. The lowest BCUT2D eigenvalue weighted by atomic mass is 10.0. The Morgan fingerprint density at radius 1 is 1.15 bits per heavy atom. The minimum Gasteiger partial charge on any atom is -0.489 e. The zero-order chi connectivity index (χ0) is 28.1. The third kappa shape index (κ3) is 7.49. The smallest absolute Gasteiger partial charge is 0.387 e. The molecule has 39 heavy (non-hydrogen) atoms. The number of carbonyl (C=O) groups excluding carboxylic acids is 1. The van der Waals surface area contributed by atoms with Crippen LogP contribution in [0.25, 0.3) is 0 Å². The maximum atomic E-state index is 13.2. The summed E-state index contributed by atoms with van der Waals surface area (Å²) in [6.07, 6.45) is 5.37. The molecule has 0 unspecified atom stereocenters. The molecule has 206 valence electrons. The van der Waals surface area contributed by atoms with Gasteiger partial charge in [-0.3, -0.25) is 15.1 Å². The molecule has 13 heteroatoms. The first-order valence-corrected chi connectivity index (χ1v) is 13.7. The largest absolute Gasteiger partial charge is 0.489 e. The van der Waals surface area contributed by atoms with Crippen molar-refractivity contribution in [1.29, 1.82) is 0 Å². The van der Waals surface area contributed by atoms with Crippen LogP contribution in [0.5, 0.6) is 11.5 Å². The molecular formula is C26H22Cl2F2N2O6S. The molecule has 1 aliphatic rings. The number of nitro benzene ring substituents is 1. The highest BCUT2D eigenvalue weighted by atomic mass is 35.5. The van der Waals surface area contributed by atoms with Gasteiger partial charge in [0.25, 0.3) is 5.69 Å². The molecule has 1 aliphatic carbocycles. The van der Waals surface area contributed by atoms with Crippen LogP contribution in [0.15, 0.2) is 53.7 Å². The van der Waals surface area contributed by atoms with E-state index < -0.39 is 23.6 Å². The van der Waals surface area contributed by atoms with E-state index in [-0.39, 0.29) is 39.2 Å². The number of esters is 1. The Kier molecular flexibility index (Phi) is 9.47. The Hall–Kier alpha value is -3.15. The second kappa shape index (κ2) is 12.8. The Morgan fingerprint density at radius 3 is 2.49 bits per heavy atom. The predicted molar refractivity (Wildman–Crippen MR) is 142 cm³/mol. The molecule has 1 aromatic heterocycles. The summed E-state index contributed by atoms with van der Waals surface area (Å²) in [7, 11) is 0. The number of aromatic nitrogens is 1. The third-order valence-electron chi connectivity index (χ3n) is 5.93. The van der Waals surface area contributed by atoms with Gasteiger partial charge in [0.05, 0.1) is 32.0 Å². The Labute approximate surface area is 236 Å². The van der Waals surface area contributed by atoms with Crippen LogP contribution in [-0.4, -0.2) is 35.4 Å². The summed E-state index contributed by atoms with van der Waals surface area (Å²) in [6.45, 7) is -2.75. The fraction of sp³-hybridized carbons (Fsp3) is 0.308. The maximum Gasteiger partial charge on any atom is 0.387 e. The standard InChI is InChI=1S/C26H22Cl2F2N2O6S/c1-39-24-7-5-16(8-20(24)32(34)35)25(33)37-22(10-17-18(27)11-31-12-19(17)28)15-4-6-21(38-26(29)30)23(9-15)36-13-14-2-3-14/h4-9,11-12,14,22,26H,2-3,10,13H2,1H3/t22-/m0/s1. The predicted octanol–water partition coefficient (Wildman–Crippen LogP) is 7.55. The summed E-state index contributed by atoms with van der Waals surface area (Å²) in [5.74, 6) is -0.614. The number of halogens is 4. The normalized spacial score (nSPS) is 13.7. The zero-order valence-electron chi connectivity index (χ0n) is 20.4. The highest BCUT2D eigenvalue weighted by Crippen LogP contribution is 2.38. The Morgan fingerprint density at radius 2 is 1.87 bits per heavy atom. The minimum absolute atomic E-state index is 0.00592. The van der Waals surface area contributed by atoms with Gasteiger partial charge in [-0.05, 0) is 60.4 Å². The van der Waals surface area contributed by atoms with Crippen molar-refractivity contribution in [3.05, 3.63) is 85.6 Å². The second-order valence-corrected chi connectivity index (χ2v) is 10.3. The molecule has 0 radical (unpaired) electrons. The first-order chi connectivity index (χ1) is 18.7. The van der Waals surface area contributed by atoms with Gasteiger partial charge in [0.2, 0.25) is 0 Å². The van der Waals surface area contributed by atoms with E-state index in [9.17, 15) is 23.7 Å². The van der Waals surface area contributed by atoms with E-state index in [1.807, 2.05) is 0 Å². The zero-order valence-corrected chi connectivity index (χ0v) is 22.8. The summed E-state index contributed by atoms with van der Waals surface area (Å²) < 4.78 is 42.2. The van der Waals surface area contributed by atoms with Gasteiger partial charge < -0.3 is 14.2 Å². The monoisotopic (exact) mass is 598 g/mol. The van der Waals surface area contributed by atoms with E-state index in [2.05, 4.69) is 9.72 Å². The topological polar surface area (TPSA) is 101 Å². The van der Waals surface area contributed by atoms with E-state index in [0.717, 1.165) is 18.9 Å². The van der Waals surface area contributed by atoms with Crippen molar-refractivity contribution in [3.63, 3.8) is 0 Å². The van der Waals surface area contributed by atoms with Crippen LogP contribution < -0.4 is 9.47 Å². The van der Waals surface area contributed by atoms with E-state index in [1.54, 1.807) is 6.26 Å². The molecular weight excluding hydrogens is 577 g/mol. The lowest BCUT2D eigenvalue weighted by Gasteiger charge is -2.21. The van der Waals surface area contributed by atoms with Crippen molar-refractivity contribution in [2.45, 2.75) is 36.9 Å². The lowest BCUT2D eigenvalue weighted by Crippen LogP contribution is -2.15. The number of alkyl halides is 2. The molecule has 0 bridgehead atoms. The number of benzene rings is 2. The summed E-state index contributed by atoms with van der Waals surface area (Å²) >= 11 is 13.8. The van der Waals surface area contributed by atoms with Crippen molar-refractivity contribution in [3.8, 4) is 11.5 Å². The van der Waals surface area contributed by atoms with Crippen LogP contribution in [-0.2, 0) is 11.2 Å². The highest BCUT2D eigenvalue weighted by Gasteiger charge is 2.27. The van der Waals surface area contributed by atoms with Crippen LogP contribution >= 0.6 is 35.0 Å². The average molecular weight is 599 g/mol. The number of pyridine rings is 1. The molecule has 0 aliphatic heterocycles. The molecule has 1 atom stereocenters. The molecule has 0 saturated heterocycles. The van der Waals surface area contributed by atoms with Gasteiger partial charge in [-0.25, -0.2) is 4.79 Å². The first-order valence-electron chi connectivity index (χ1n) is 11.7. The van der Waals surface area contributed by atoms with E-state index in [1.165, 1.54) is 54.5 Å². The van der Waals surface area contributed by atoms with Gasteiger partial charge in [-0.2, -0.15) is 8.78 Å². The van der Waals surface area contributed by atoms with Gasteiger partial charge in [0, 0.05) is 24.9 Å². The number of nitro groups is 1. The number of carbonyl (C=O) groups is 1. The van der Waals surface area contributed by atoms with E-state index in [0.29, 0.717) is 28.5 Å². The summed E-state index contributed by atoms with van der Waals surface area (Å²) in [4.78, 5) is 28.4. The fourth-order valence-electron chi connectivity index (χ4n) is 3.73. The van der Waals surface area contributed by atoms with Gasteiger partial charge in [0.1, 0.15) is 6.10 Å². The van der Waals surface area contributed by atoms with Gasteiger partial charge >= 0.3 is 12.6 Å². The number of hydrogen-bond donors (Lipinski definition) is 0. The van der Waals surface area contributed by atoms with Crippen molar-refractivity contribution in [1.82, 2.24) is 4.98 Å². The summed E-state index contributed by atoms with van der Waals surface area (Å²) in [5.41, 5.74) is 0.537. The van der Waals surface area contributed by atoms with Crippen LogP contribution in [0.2, 0.25) is 10.0 Å². The van der Waals surface area contributed by atoms with Gasteiger partial charge in [-0.15, -0.1) is 11.8 Å². The van der Waals surface area contributed by atoms with Crippen molar-refractivity contribution >= 4 is 46.6 Å². The molecule has 0 amide bonds. The minimum atomic E-state index is -3.07. The molecule has 4 rings (SSSR count). The van der Waals surface area contributed by atoms with Crippen LogP contribution in [0.3, 0.4) is 0 Å². The van der Waals surface area contributed by atoms with Crippen molar-refractivity contribution in [2.75, 3.05) is 12.9 Å².